The lowest BCUT2D eigenvalue weighted by molar-refractivity contribution is -0.139. The highest BCUT2D eigenvalue weighted by Crippen LogP contribution is 2.27. The second kappa shape index (κ2) is 6.09. The number of thioether (sulfide) groups is 1. The second-order valence-corrected chi connectivity index (χ2v) is 5.74. The Morgan fingerprint density at radius 3 is 2.65 bits per heavy atom. The molecule has 0 saturated carbocycles. The molecular formula is C14H17N3O2S. The summed E-state index contributed by atoms with van der Waals surface area (Å²) in [5.41, 5.74) is 2.15. The van der Waals surface area contributed by atoms with Gasteiger partial charge in [-0.1, -0.05) is 30.0 Å². The van der Waals surface area contributed by atoms with E-state index in [1.54, 1.807) is 6.92 Å². The van der Waals surface area contributed by atoms with Gasteiger partial charge in [0.2, 0.25) is 0 Å². The van der Waals surface area contributed by atoms with Crippen LogP contribution in [0, 0.1) is 13.8 Å². The van der Waals surface area contributed by atoms with Gasteiger partial charge in [0.15, 0.2) is 5.16 Å². The first-order valence-electron chi connectivity index (χ1n) is 6.27. The van der Waals surface area contributed by atoms with Crippen molar-refractivity contribution in [2.45, 2.75) is 31.2 Å². The summed E-state index contributed by atoms with van der Waals surface area (Å²) in [6.07, 6.45) is 0. The molecule has 0 bridgehead atoms. The molecule has 1 atom stereocenters. The van der Waals surface area contributed by atoms with Gasteiger partial charge in [0.1, 0.15) is 11.1 Å². The Labute approximate surface area is 122 Å². The number of carbonyl (C=O) groups excluding carboxylic acids is 1. The van der Waals surface area contributed by atoms with Gasteiger partial charge in [-0.05, 0) is 32.4 Å². The van der Waals surface area contributed by atoms with Gasteiger partial charge in [0, 0.05) is 0 Å². The van der Waals surface area contributed by atoms with E-state index < -0.39 is 0 Å². The molecule has 0 fully saturated rings. The van der Waals surface area contributed by atoms with Gasteiger partial charge in [0.05, 0.1) is 12.8 Å². The van der Waals surface area contributed by atoms with Gasteiger partial charge < -0.3 is 4.74 Å². The van der Waals surface area contributed by atoms with Crippen LogP contribution in [0.15, 0.2) is 29.4 Å². The molecule has 6 heteroatoms. The van der Waals surface area contributed by atoms with E-state index >= 15 is 0 Å². The molecule has 0 saturated heterocycles. The summed E-state index contributed by atoms with van der Waals surface area (Å²) in [4.78, 5) is 11.5. The van der Waals surface area contributed by atoms with Crippen LogP contribution in [-0.2, 0) is 9.53 Å². The predicted octanol–water partition coefficient (Wildman–Crippen LogP) is 2.54. The summed E-state index contributed by atoms with van der Waals surface area (Å²) in [6.45, 7) is 5.72. The number of rotatable bonds is 4. The second-order valence-electron chi connectivity index (χ2n) is 4.43. The summed E-state index contributed by atoms with van der Waals surface area (Å²) < 4.78 is 6.70. The first kappa shape index (κ1) is 14.6. The zero-order valence-electron chi connectivity index (χ0n) is 12.0. The van der Waals surface area contributed by atoms with Crippen LogP contribution in [0.25, 0.3) is 5.69 Å². The SMILES string of the molecule is COC(=O)C(C)Sc1nnc(C)n1-c1ccccc1C. The van der Waals surface area contributed by atoms with Crippen molar-refractivity contribution in [3.05, 3.63) is 35.7 Å². The molecule has 0 aliphatic heterocycles. The normalized spacial score (nSPS) is 12.2. The zero-order chi connectivity index (χ0) is 14.7. The third kappa shape index (κ3) is 2.85. The van der Waals surface area contributed by atoms with Gasteiger partial charge in [-0.25, -0.2) is 0 Å². The molecule has 0 N–H and O–H groups in total. The maximum Gasteiger partial charge on any atom is 0.318 e. The van der Waals surface area contributed by atoms with Gasteiger partial charge in [0.25, 0.3) is 0 Å². The molecular weight excluding hydrogens is 274 g/mol. The molecule has 0 aliphatic rings. The minimum absolute atomic E-state index is 0.271. The lowest BCUT2D eigenvalue weighted by atomic mass is 10.2. The summed E-state index contributed by atoms with van der Waals surface area (Å²) in [7, 11) is 1.39. The van der Waals surface area contributed by atoms with Crippen molar-refractivity contribution < 1.29 is 9.53 Å². The van der Waals surface area contributed by atoms with Crippen LogP contribution in [-0.4, -0.2) is 33.1 Å². The molecule has 2 aromatic rings. The average molecular weight is 291 g/mol. The van der Waals surface area contributed by atoms with E-state index in [0.29, 0.717) is 5.16 Å². The fourth-order valence-electron chi connectivity index (χ4n) is 1.88. The summed E-state index contributed by atoms with van der Waals surface area (Å²) >= 11 is 1.34. The van der Waals surface area contributed by atoms with Gasteiger partial charge in [-0.2, -0.15) is 0 Å². The number of nitrogens with zero attached hydrogens (tertiary/aromatic N) is 3. The zero-order valence-corrected chi connectivity index (χ0v) is 12.8. The highest BCUT2D eigenvalue weighted by Gasteiger charge is 2.20. The topological polar surface area (TPSA) is 57.0 Å². The fraction of sp³-hybridized carbons (Fsp3) is 0.357. The Bertz CT molecular complexity index is 625. The highest BCUT2D eigenvalue weighted by atomic mass is 32.2. The number of aryl methyl sites for hydroxylation is 2. The molecule has 1 heterocycles. The highest BCUT2D eigenvalue weighted by molar-refractivity contribution is 8.00. The molecule has 0 spiro atoms. The number of hydrogen-bond acceptors (Lipinski definition) is 5. The first-order valence-corrected chi connectivity index (χ1v) is 7.15. The number of ether oxygens (including phenoxy) is 1. The van der Waals surface area contributed by atoms with E-state index in [2.05, 4.69) is 10.2 Å². The molecule has 1 aromatic carbocycles. The number of carbonyl (C=O) groups is 1. The molecule has 106 valence electrons. The van der Waals surface area contributed by atoms with Crippen molar-refractivity contribution >= 4 is 17.7 Å². The largest absolute Gasteiger partial charge is 0.468 e. The monoisotopic (exact) mass is 291 g/mol. The molecule has 1 aromatic heterocycles. The van der Waals surface area contributed by atoms with Gasteiger partial charge in [-0.15, -0.1) is 10.2 Å². The molecule has 0 aliphatic carbocycles. The lowest BCUT2D eigenvalue weighted by Crippen LogP contribution is -2.15. The van der Waals surface area contributed by atoms with Crippen molar-refractivity contribution in [1.29, 1.82) is 0 Å². The Balaban J connectivity index is 2.38. The number of hydrogen-bond donors (Lipinski definition) is 0. The standard InChI is InChI=1S/C14H17N3O2S/c1-9-7-5-6-8-12(9)17-11(3)15-16-14(17)20-10(2)13(18)19-4/h5-8,10H,1-4H3. The first-order chi connectivity index (χ1) is 9.54. The molecule has 0 radical (unpaired) electrons. The quantitative estimate of drug-likeness (QED) is 0.640. The number of para-hydroxylation sites is 1. The Morgan fingerprint density at radius 1 is 1.30 bits per heavy atom. The van der Waals surface area contributed by atoms with Crippen molar-refractivity contribution in [1.82, 2.24) is 14.8 Å². The van der Waals surface area contributed by atoms with Crippen LogP contribution in [0.4, 0.5) is 0 Å². The smallest absolute Gasteiger partial charge is 0.318 e. The van der Waals surface area contributed by atoms with Crippen LogP contribution in [0.2, 0.25) is 0 Å². The number of aromatic nitrogens is 3. The average Bonchev–Trinajstić information content (AvgIpc) is 2.79. The molecule has 5 nitrogen and oxygen atoms in total. The van der Waals surface area contributed by atoms with E-state index in [0.717, 1.165) is 17.1 Å². The van der Waals surface area contributed by atoms with Gasteiger partial charge >= 0.3 is 5.97 Å². The Hall–Kier alpha value is -1.82. The van der Waals surface area contributed by atoms with E-state index in [-0.39, 0.29) is 11.2 Å². The van der Waals surface area contributed by atoms with Crippen LogP contribution in [0.3, 0.4) is 0 Å². The number of methoxy groups -OCH3 is 1. The van der Waals surface area contributed by atoms with Crippen LogP contribution >= 0.6 is 11.8 Å². The van der Waals surface area contributed by atoms with Crippen molar-refractivity contribution in [3.63, 3.8) is 0 Å². The number of esters is 1. The fourth-order valence-corrected chi connectivity index (χ4v) is 2.82. The van der Waals surface area contributed by atoms with E-state index in [1.165, 1.54) is 18.9 Å². The maximum absolute atomic E-state index is 11.5. The van der Waals surface area contributed by atoms with Crippen LogP contribution < -0.4 is 0 Å². The molecule has 0 amide bonds. The molecule has 1 unspecified atom stereocenters. The summed E-state index contributed by atoms with van der Waals surface area (Å²) in [6, 6.07) is 8.01. The van der Waals surface area contributed by atoms with E-state index in [4.69, 9.17) is 4.74 Å². The lowest BCUT2D eigenvalue weighted by Gasteiger charge is -2.13. The Morgan fingerprint density at radius 2 is 2.00 bits per heavy atom. The van der Waals surface area contributed by atoms with Crippen LogP contribution in [0.5, 0.6) is 0 Å². The third-order valence-corrected chi connectivity index (χ3v) is 3.99. The van der Waals surface area contributed by atoms with Crippen molar-refractivity contribution in [2.75, 3.05) is 7.11 Å². The molecule has 20 heavy (non-hydrogen) atoms. The Kier molecular flexibility index (Phi) is 4.44. The van der Waals surface area contributed by atoms with E-state index in [1.807, 2.05) is 42.7 Å². The summed E-state index contributed by atoms with van der Waals surface area (Å²) in [5.74, 6) is 0.519. The third-order valence-electron chi connectivity index (χ3n) is 2.97. The van der Waals surface area contributed by atoms with Crippen molar-refractivity contribution in [3.8, 4) is 5.69 Å². The minimum Gasteiger partial charge on any atom is -0.468 e. The number of benzene rings is 1. The summed E-state index contributed by atoms with van der Waals surface area (Å²) in [5, 5.41) is 8.63. The van der Waals surface area contributed by atoms with Crippen molar-refractivity contribution in [2.24, 2.45) is 0 Å². The minimum atomic E-state index is -0.327. The maximum atomic E-state index is 11.5. The predicted molar refractivity (Wildman–Crippen MR) is 78.2 cm³/mol. The van der Waals surface area contributed by atoms with Crippen LogP contribution in [0.1, 0.15) is 18.3 Å². The van der Waals surface area contributed by atoms with Gasteiger partial charge in [-0.3, -0.25) is 9.36 Å². The van der Waals surface area contributed by atoms with E-state index in [9.17, 15) is 4.79 Å². The molecule has 2 rings (SSSR count).